The lowest BCUT2D eigenvalue weighted by Crippen LogP contribution is -2.47. The van der Waals surface area contributed by atoms with E-state index < -0.39 is 99.5 Å². The van der Waals surface area contributed by atoms with Crippen LogP contribution in [0.4, 0.5) is 0 Å². The van der Waals surface area contributed by atoms with Crippen LogP contribution < -0.4 is 11.5 Å². The van der Waals surface area contributed by atoms with E-state index >= 15 is 0 Å². The van der Waals surface area contributed by atoms with Crippen molar-refractivity contribution in [1.29, 1.82) is 0 Å². The number of carbonyl (C=O) groups excluding carboxylic acids is 1. The number of allylic oxidation sites excluding steroid dienone is 6. The number of carbonyl (C=O) groups is 6. The summed E-state index contributed by atoms with van der Waals surface area (Å²) < 4.78 is 0. The van der Waals surface area contributed by atoms with Gasteiger partial charge in [-0.1, -0.05) is 54.0 Å². The van der Waals surface area contributed by atoms with Crippen molar-refractivity contribution >= 4 is 53.4 Å². The van der Waals surface area contributed by atoms with Crippen LogP contribution in [0.5, 0.6) is 0 Å². The molecule has 0 aliphatic carbocycles. The molecule has 0 aromatic heterocycles. The number of aliphatic carboxylic acids is 5. The highest BCUT2D eigenvalue weighted by Crippen LogP contribution is 2.56. The molecule has 61 heavy (non-hydrogen) atoms. The van der Waals surface area contributed by atoms with Crippen molar-refractivity contribution in [3.05, 3.63) is 34.3 Å². The Morgan fingerprint density at radius 1 is 0.852 bits per heavy atom. The minimum Gasteiger partial charge on any atom is -0.481 e. The van der Waals surface area contributed by atoms with Crippen molar-refractivity contribution < 1.29 is 54.3 Å². The first kappa shape index (κ1) is 50.2. The number of amides is 1. The fourth-order valence-corrected chi connectivity index (χ4v) is 10.3. The molecule has 3 aliphatic rings. The van der Waals surface area contributed by atoms with E-state index in [2.05, 4.69) is 4.99 Å². The van der Waals surface area contributed by atoms with Crippen LogP contribution in [-0.2, 0) is 28.8 Å². The monoisotopic (exact) mass is 853 g/mol. The summed E-state index contributed by atoms with van der Waals surface area (Å²) in [6.45, 7) is 18.6. The van der Waals surface area contributed by atoms with Gasteiger partial charge in [-0.2, -0.15) is 0 Å². The van der Waals surface area contributed by atoms with Crippen LogP contribution in [0.1, 0.15) is 133 Å². The van der Waals surface area contributed by atoms with Crippen LogP contribution >= 0.6 is 0 Å². The number of hydrogen-bond donors (Lipinski definition) is 7. The molecule has 0 saturated carbocycles. The summed E-state index contributed by atoms with van der Waals surface area (Å²) in [5.74, 6) is -8.75. The van der Waals surface area contributed by atoms with E-state index in [4.69, 9.17) is 21.5 Å². The number of primary amides is 1. The Morgan fingerprint density at radius 2 is 1.41 bits per heavy atom. The number of nitrogens with two attached hydrogens (primary N) is 2. The second-order valence-corrected chi connectivity index (χ2v) is 18.9. The maximum Gasteiger partial charge on any atom is 0.303 e. The van der Waals surface area contributed by atoms with Crippen LogP contribution in [0.2, 0.25) is 0 Å². The second-order valence-electron chi connectivity index (χ2n) is 18.9. The molecular formula is C45H67N5O11. The van der Waals surface area contributed by atoms with Crippen molar-refractivity contribution in [3.8, 4) is 0 Å². The van der Waals surface area contributed by atoms with E-state index in [1.807, 2.05) is 41.5 Å². The van der Waals surface area contributed by atoms with Crippen molar-refractivity contribution in [2.24, 2.45) is 77.7 Å². The Hall–Kier alpha value is -5.15. The summed E-state index contributed by atoms with van der Waals surface area (Å²) in [4.78, 5) is 88.3. The lowest BCUT2D eigenvalue weighted by molar-refractivity contribution is -0.143. The summed E-state index contributed by atoms with van der Waals surface area (Å²) in [6, 6.07) is -0.753. The van der Waals surface area contributed by atoms with E-state index in [1.165, 1.54) is 0 Å². The molecule has 0 aromatic carbocycles. The fourth-order valence-electron chi connectivity index (χ4n) is 10.3. The van der Waals surface area contributed by atoms with Gasteiger partial charge in [0.25, 0.3) is 0 Å². The van der Waals surface area contributed by atoms with Gasteiger partial charge >= 0.3 is 29.8 Å². The molecular weight excluding hydrogens is 787 g/mol. The van der Waals surface area contributed by atoms with Crippen molar-refractivity contribution in [2.75, 3.05) is 0 Å². The molecule has 0 fully saturated rings. The number of carboxylic acids is 5. The summed E-state index contributed by atoms with van der Waals surface area (Å²) in [5.41, 5.74) is 12.5. The Balaban J connectivity index is 2.39. The largest absolute Gasteiger partial charge is 0.481 e. The van der Waals surface area contributed by atoms with Gasteiger partial charge in [0.2, 0.25) is 5.91 Å². The summed E-state index contributed by atoms with van der Waals surface area (Å²) in [6.07, 6.45) is 2.90. The Labute approximate surface area is 358 Å². The molecule has 338 valence electrons. The van der Waals surface area contributed by atoms with Gasteiger partial charge in [0.15, 0.2) is 0 Å². The molecule has 0 spiro atoms. The second kappa shape index (κ2) is 19.3. The van der Waals surface area contributed by atoms with Crippen LogP contribution in [0.15, 0.2) is 49.3 Å². The van der Waals surface area contributed by atoms with Crippen molar-refractivity contribution in [2.45, 2.75) is 139 Å². The van der Waals surface area contributed by atoms with E-state index in [9.17, 15) is 54.3 Å². The number of aliphatic imine (C=N–C) groups is 3. The van der Waals surface area contributed by atoms with Gasteiger partial charge in [0, 0.05) is 100 Å². The SMILES string of the molecule is CCC1(C)C(/C(C)=C2N=C(/C=C3\N=CC(C)(CC(N)=O)C3CCC(=O)O)C(C)(C)C\2CCC(=O)O)=NC(C(C)C(C)(CC(=O)O)C(CCC(=O)O)C(N)=C(C)C)C1CC(=O)O. The number of carboxylic acid groups (broad SMARTS) is 5. The molecule has 16 nitrogen and oxygen atoms in total. The van der Waals surface area contributed by atoms with E-state index in [0.717, 1.165) is 0 Å². The Bertz CT molecular complexity index is 1970. The first-order valence-electron chi connectivity index (χ1n) is 21.0. The zero-order valence-corrected chi connectivity index (χ0v) is 37.4. The van der Waals surface area contributed by atoms with E-state index in [0.29, 0.717) is 46.1 Å². The summed E-state index contributed by atoms with van der Waals surface area (Å²) in [5, 5.41) is 49.9. The first-order chi connectivity index (χ1) is 28.1. The van der Waals surface area contributed by atoms with Crippen LogP contribution in [0, 0.1) is 51.2 Å². The van der Waals surface area contributed by atoms with Crippen LogP contribution in [0.25, 0.3) is 0 Å². The molecule has 0 saturated heterocycles. The van der Waals surface area contributed by atoms with E-state index in [-0.39, 0.29) is 51.4 Å². The van der Waals surface area contributed by atoms with E-state index in [1.54, 1.807) is 40.0 Å². The molecule has 9 N–H and O–H groups in total. The average Bonchev–Trinajstić information content (AvgIpc) is 3.69. The zero-order valence-electron chi connectivity index (χ0n) is 37.4. The highest BCUT2D eigenvalue weighted by molar-refractivity contribution is 6.09. The number of nitrogens with zero attached hydrogens (tertiary/aromatic N) is 3. The normalized spacial score (nSPS) is 29.0. The minimum absolute atomic E-state index is 0.0533. The van der Waals surface area contributed by atoms with Crippen molar-refractivity contribution in [1.82, 2.24) is 0 Å². The fraction of sp³-hybridized carbons (Fsp3) is 0.667. The molecule has 3 heterocycles. The minimum atomic E-state index is -1.18. The van der Waals surface area contributed by atoms with Gasteiger partial charge in [0.1, 0.15) is 0 Å². The van der Waals surface area contributed by atoms with Crippen LogP contribution in [0.3, 0.4) is 0 Å². The Morgan fingerprint density at radius 3 is 1.89 bits per heavy atom. The standard InChI is InChI=1S/C45H67N5O11/c1-11-44(9)29(18-36(58)59)40(25(5)45(10,21-37(60)61)27(13-16-34(54)55)38(47)23(2)3)50-41(44)24(4)39-28(14-17-35(56)57)42(6,7)31(49-39)19-30-26(12-15-33(52)53)43(8,22-48-30)20-32(46)51/h19,22,25-29,40H,11-18,20-21,47H2,1-10H3,(H2,46,51)(H,52,53)(H,54,55)(H,56,57)(H,58,59)(H,60,61)/b30-19-,39-24-. The smallest absolute Gasteiger partial charge is 0.303 e. The molecule has 1 amide bonds. The quantitative estimate of drug-likeness (QED) is 0.0596. The van der Waals surface area contributed by atoms with Gasteiger partial charge in [-0.3, -0.25) is 43.7 Å². The molecule has 0 bridgehead atoms. The molecule has 9 atom stereocenters. The third-order valence-electron chi connectivity index (χ3n) is 14.3. The lowest BCUT2D eigenvalue weighted by atomic mass is 9.57. The van der Waals surface area contributed by atoms with Crippen molar-refractivity contribution in [3.63, 3.8) is 0 Å². The van der Waals surface area contributed by atoms with Gasteiger partial charge < -0.3 is 37.0 Å². The maximum absolute atomic E-state index is 12.7. The van der Waals surface area contributed by atoms with Gasteiger partial charge in [0.05, 0.1) is 18.9 Å². The Kier molecular flexibility index (Phi) is 15.9. The third-order valence-corrected chi connectivity index (χ3v) is 14.3. The highest BCUT2D eigenvalue weighted by atomic mass is 16.4. The molecule has 9 unspecified atom stereocenters. The average molecular weight is 854 g/mol. The van der Waals surface area contributed by atoms with Gasteiger partial charge in [-0.15, -0.1) is 0 Å². The highest BCUT2D eigenvalue weighted by Gasteiger charge is 2.56. The topological polar surface area (TPSA) is 293 Å². The number of rotatable bonds is 22. The van der Waals surface area contributed by atoms with Gasteiger partial charge in [-0.25, -0.2) is 0 Å². The predicted molar refractivity (Wildman–Crippen MR) is 231 cm³/mol. The lowest BCUT2D eigenvalue weighted by Gasteiger charge is -2.46. The molecule has 0 aromatic rings. The molecule has 16 heteroatoms. The summed E-state index contributed by atoms with van der Waals surface area (Å²) in [7, 11) is 0. The number of hydrogen-bond acceptors (Lipinski definition) is 10. The molecule has 3 aliphatic heterocycles. The zero-order chi connectivity index (χ0) is 46.6. The third kappa shape index (κ3) is 10.8. The predicted octanol–water partition coefficient (Wildman–Crippen LogP) is 6.73. The van der Waals surface area contributed by atoms with Crippen LogP contribution in [-0.4, -0.2) is 85.0 Å². The first-order valence-corrected chi connectivity index (χ1v) is 21.0. The maximum atomic E-state index is 12.7. The molecule has 3 rings (SSSR count). The summed E-state index contributed by atoms with van der Waals surface area (Å²) >= 11 is 0. The molecule has 0 radical (unpaired) electrons. The van der Waals surface area contributed by atoms with Gasteiger partial charge in [-0.05, 0) is 69.4 Å².